The van der Waals surface area contributed by atoms with Crippen molar-refractivity contribution in [2.45, 2.75) is 50.5 Å². The lowest BCUT2D eigenvalue weighted by atomic mass is 9.99. The Balaban J connectivity index is 1.68. The van der Waals surface area contributed by atoms with Crippen LogP contribution in [0.2, 0.25) is 0 Å². The Morgan fingerprint density at radius 1 is 1.25 bits per heavy atom. The van der Waals surface area contributed by atoms with Gasteiger partial charge in [-0.1, -0.05) is 6.92 Å². The van der Waals surface area contributed by atoms with Gasteiger partial charge < -0.3 is 5.32 Å². The highest BCUT2D eigenvalue weighted by molar-refractivity contribution is 9.10. The molecule has 0 aliphatic carbocycles. The lowest BCUT2D eigenvalue weighted by molar-refractivity contribution is 0.0916. The van der Waals surface area contributed by atoms with Gasteiger partial charge in [-0.15, -0.1) is 0 Å². The summed E-state index contributed by atoms with van der Waals surface area (Å²) >= 11 is 3.39. The molecule has 0 bridgehead atoms. The van der Waals surface area contributed by atoms with E-state index < -0.39 is 10.0 Å². The van der Waals surface area contributed by atoms with Gasteiger partial charge in [-0.05, 0) is 79.2 Å². The third-order valence-electron chi connectivity index (χ3n) is 5.76. The number of benzene rings is 1. The maximum absolute atomic E-state index is 12.8. The maximum atomic E-state index is 12.8. The van der Waals surface area contributed by atoms with Gasteiger partial charge in [0.05, 0.1) is 10.5 Å². The van der Waals surface area contributed by atoms with Crippen LogP contribution in [-0.4, -0.2) is 62.3 Å². The van der Waals surface area contributed by atoms with Gasteiger partial charge in [0.25, 0.3) is 5.91 Å². The Kier molecular flexibility index (Phi) is 7.17. The van der Waals surface area contributed by atoms with E-state index in [2.05, 4.69) is 40.0 Å². The van der Waals surface area contributed by atoms with Crippen molar-refractivity contribution in [2.24, 2.45) is 5.92 Å². The minimum Gasteiger partial charge on any atom is -0.350 e. The smallest absolute Gasteiger partial charge is 0.252 e. The fourth-order valence-electron chi connectivity index (χ4n) is 4.01. The third kappa shape index (κ3) is 4.96. The molecule has 2 heterocycles. The number of hydrogen-bond donors (Lipinski definition) is 1. The topological polar surface area (TPSA) is 69.7 Å². The van der Waals surface area contributed by atoms with E-state index in [0.717, 1.165) is 25.9 Å². The van der Waals surface area contributed by atoms with Crippen LogP contribution in [0.1, 0.15) is 49.9 Å². The average Bonchev–Trinajstić information content (AvgIpc) is 3.21. The van der Waals surface area contributed by atoms with Crippen LogP contribution in [0.4, 0.5) is 0 Å². The third-order valence-corrected chi connectivity index (χ3v) is 8.34. The minimum atomic E-state index is -3.54. The Morgan fingerprint density at radius 3 is 2.64 bits per heavy atom. The number of amides is 1. The number of nitrogens with zero attached hydrogens (tertiary/aromatic N) is 2. The van der Waals surface area contributed by atoms with Crippen LogP contribution in [0.25, 0.3) is 0 Å². The number of carbonyl (C=O) groups excluding carboxylic acids is 1. The monoisotopic (exact) mass is 471 g/mol. The number of likely N-dealkylation sites (tertiary alicyclic amines) is 1. The molecule has 0 aromatic heterocycles. The van der Waals surface area contributed by atoms with Gasteiger partial charge in [-0.2, -0.15) is 4.31 Å². The van der Waals surface area contributed by atoms with Crippen molar-refractivity contribution in [2.75, 3.05) is 32.7 Å². The standard InChI is InChI=1S/C20H30BrN3O3S/c1-15-6-5-9-23(14-15)16(2)13-22-20(25)18-12-17(7-8-19(18)21)28(26,27)24-10-3-4-11-24/h7-8,12,15-16H,3-6,9-11,13-14H2,1-2H3,(H,22,25). The van der Waals surface area contributed by atoms with Crippen LogP contribution in [0.15, 0.2) is 27.6 Å². The molecule has 1 N–H and O–H groups in total. The maximum Gasteiger partial charge on any atom is 0.252 e. The number of carbonyl (C=O) groups is 1. The summed E-state index contributed by atoms with van der Waals surface area (Å²) in [6.45, 7) is 8.15. The lowest BCUT2D eigenvalue weighted by Gasteiger charge is -2.35. The van der Waals surface area contributed by atoms with Gasteiger partial charge in [0, 0.05) is 36.7 Å². The predicted molar refractivity (Wildman–Crippen MR) is 114 cm³/mol. The van der Waals surface area contributed by atoms with Crippen LogP contribution in [0.5, 0.6) is 0 Å². The molecule has 156 valence electrons. The largest absolute Gasteiger partial charge is 0.350 e. The fraction of sp³-hybridized carbons (Fsp3) is 0.650. The molecule has 1 amide bonds. The molecule has 0 radical (unpaired) electrons. The van der Waals surface area contributed by atoms with E-state index in [1.807, 2.05) is 0 Å². The molecule has 1 aromatic rings. The summed E-state index contributed by atoms with van der Waals surface area (Å²) in [6, 6.07) is 4.95. The Hall–Kier alpha value is -0.960. The highest BCUT2D eigenvalue weighted by Crippen LogP contribution is 2.25. The molecule has 28 heavy (non-hydrogen) atoms. The molecule has 2 saturated heterocycles. The van der Waals surface area contributed by atoms with Gasteiger partial charge in [0.15, 0.2) is 0 Å². The van der Waals surface area contributed by atoms with E-state index in [-0.39, 0.29) is 16.8 Å². The summed E-state index contributed by atoms with van der Waals surface area (Å²) < 4.78 is 27.7. The van der Waals surface area contributed by atoms with Crippen molar-refractivity contribution >= 4 is 31.9 Å². The Labute approximate surface area is 176 Å². The van der Waals surface area contributed by atoms with E-state index in [1.54, 1.807) is 12.1 Å². The molecule has 2 atom stereocenters. The van der Waals surface area contributed by atoms with Gasteiger partial charge >= 0.3 is 0 Å². The number of nitrogens with one attached hydrogen (secondary N) is 1. The van der Waals surface area contributed by atoms with Crippen molar-refractivity contribution in [3.8, 4) is 0 Å². The summed E-state index contributed by atoms with van der Waals surface area (Å²) in [4.78, 5) is 15.3. The number of sulfonamides is 1. The van der Waals surface area contributed by atoms with Crippen LogP contribution in [0.3, 0.4) is 0 Å². The highest BCUT2D eigenvalue weighted by atomic mass is 79.9. The second-order valence-corrected chi connectivity index (χ2v) is 10.8. The summed E-state index contributed by atoms with van der Waals surface area (Å²) in [5, 5.41) is 2.98. The average molecular weight is 472 g/mol. The molecule has 2 fully saturated rings. The van der Waals surface area contributed by atoms with E-state index in [9.17, 15) is 13.2 Å². The first kappa shape index (κ1) is 21.7. The number of halogens is 1. The second kappa shape index (κ2) is 9.24. The van der Waals surface area contributed by atoms with E-state index in [0.29, 0.717) is 35.6 Å². The zero-order chi connectivity index (χ0) is 20.3. The van der Waals surface area contributed by atoms with Crippen molar-refractivity contribution in [1.29, 1.82) is 0 Å². The summed E-state index contributed by atoms with van der Waals surface area (Å²) in [5.74, 6) is 0.441. The molecule has 1 aromatic carbocycles. The predicted octanol–water partition coefficient (Wildman–Crippen LogP) is 3.08. The lowest BCUT2D eigenvalue weighted by Crippen LogP contribution is -2.46. The molecular weight excluding hydrogens is 442 g/mol. The molecule has 2 unspecified atom stereocenters. The van der Waals surface area contributed by atoms with Gasteiger partial charge in [-0.25, -0.2) is 8.42 Å². The number of rotatable bonds is 6. The van der Waals surface area contributed by atoms with Gasteiger partial charge in [0.1, 0.15) is 0 Å². The minimum absolute atomic E-state index is 0.181. The quantitative estimate of drug-likeness (QED) is 0.691. The normalized spacial score (nSPS) is 22.9. The molecule has 3 rings (SSSR count). The van der Waals surface area contributed by atoms with E-state index in [1.165, 1.54) is 23.2 Å². The molecule has 8 heteroatoms. The van der Waals surface area contributed by atoms with E-state index >= 15 is 0 Å². The zero-order valence-corrected chi connectivity index (χ0v) is 19.1. The van der Waals surface area contributed by atoms with Crippen molar-refractivity contribution in [3.63, 3.8) is 0 Å². The molecule has 0 spiro atoms. The molecule has 2 aliphatic rings. The van der Waals surface area contributed by atoms with Crippen molar-refractivity contribution < 1.29 is 13.2 Å². The molecule has 6 nitrogen and oxygen atoms in total. The van der Waals surface area contributed by atoms with Crippen LogP contribution < -0.4 is 5.32 Å². The van der Waals surface area contributed by atoms with E-state index in [4.69, 9.17) is 0 Å². The summed E-state index contributed by atoms with van der Waals surface area (Å²) in [7, 11) is -3.54. The van der Waals surface area contributed by atoms with Crippen molar-refractivity contribution in [1.82, 2.24) is 14.5 Å². The first-order valence-electron chi connectivity index (χ1n) is 10.1. The van der Waals surface area contributed by atoms with Crippen LogP contribution in [0, 0.1) is 5.92 Å². The number of piperidine rings is 1. The first-order chi connectivity index (χ1) is 13.3. The van der Waals surface area contributed by atoms with Gasteiger partial charge in [-0.3, -0.25) is 9.69 Å². The SMILES string of the molecule is CC1CCCN(C(C)CNC(=O)c2cc(S(=O)(=O)N3CCCC3)ccc2Br)C1. The molecule has 2 aliphatic heterocycles. The first-order valence-corrected chi connectivity index (χ1v) is 12.3. The Bertz CT molecular complexity index is 809. The van der Waals surface area contributed by atoms with Gasteiger partial charge in [0.2, 0.25) is 10.0 Å². The number of hydrogen-bond acceptors (Lipinski definition) is 4. The van der Waals surface area contributed by atoms with Crippen molar-refractivity contribution in [3.05, 3.63) is 28.2 Å². The zero-order valence-electron chi connectivity index (χ0n) is 16.7. The van der Waals surface area contributed by atoms with Crippen LogP contribution in [-0.2, 0) is 10.0 Å². The fourth-order valence-corrected chi connectivity index (χ4v) is 5.98. The molecular formula is C20H30BrN3O3S. The summed E-state index contributed by atoms with van der Waals surface area (Å²) in [5.41, 5.74) is 0.361. The summed E-state index contributed by atoms with van der Waals surface area (Å²) in [6.07, 6.45) is 4.23. The van der Waals surface area contributed by atoms with Crippen LogP contribution >= 0.6 is 15.9 Å². The highest BCUT2D eigenvalue weighted by Gasteiger charge is 2.28. The molecule has 0 saturated carbocycles. The second-order valence-electron chi connectivity index (χ2n) is 8.05. The Morgan fingerprint density at radius 2 is 1.96 bits per heavy atom.